The molecule has 0 aliphatic heterocycles. The lowest BCUT2D eigenvalue weighted by Crippen LogP contribution is -2.27. The van der Waals surface area contributed by atoms with E-state index in [0.29, 0.717) is 12.3 Å². The lowest BCUT2D eigenvalue weighted by Gasteiger charge is -2.13. The number of urea groups is 1. The summed E-state index contributed by atoms with van der Waals surface area (Å²) in [6.07, 6.45) is -7.91. The highest BCUT2D eigenvalue weighted by molar-refractivity contribution is 6.32. The molecule has 1 heterocycles. The summed E-state index contributed by atoms with van der Waals surface area (Å²) < 4.78 is 77.7. The number of aromatic nitrogens is 1. The number of hydrogen-bond acceptors (Lipinski definition) is 4. The fraction of sp³-hybridized carbons (Fsp3) is 0.188. The van der Waals surface area contributed by atoms with Crippen molar-refractivity contribution in [2.24, 2.45) is 5.10 Å². The van der Waals surface area contributed by atoms with E-state index >= 15 is 0 Å². The van der Waals surface area contributed by atoms with Crippen molar-refractivity contribution in [3.05, 3.63) is 52.8 Å². The number of anilines is 1. The molecule has 29 heavy (non-hydrogen) atoms. The minimum Gasteiger partial charge on any atom is -0.406 e. The predicted octanol–water partition coefficient (Wildman–Crippen LogP) is 5.15. The summed E-state index contributed by atoms with van der Waals surface area (Å²) in [5.74, 6) is -0.468. The van der Waals surface area contributed by atoms with Gasteiger partial charge in [-0.2, -0.15) is 18.3 Å². The molecule has 0 bridgehead atoms. The van der Waals surface area contributed by atoms with E-state index in [1.165, 1.54) is 19.2 Å². The molecule has 0 aliphatic carbocycles. The number of benzene rings is 1. The van der Waals surface area contributed by atoms with Crippen LogP contribution in [0, 0.1) is 0 Å². The van der Waals surface area contributed by atoms with E-state index in [4.69, 9.17) is 11.6 Å². The van der Waals surface area contributed by atoms with E-state index in [1.807, 2.05) is 0 Å². The third-order valence-electron chi connectivity index (χ3n) is 3.18. The van der Waals surface area contributed by atoms with E-state index in [-0.39, 0.29) is 16.4 Å². The second-order valence-electron chi connectivity index (χ2n) is 5.36. The zero-order valence-corrected chi connectivity index (χ0v) is 15.1. The Balaban J connectivity index is 2.00. The van der Waals surface area contributed by atoms with E-state index in [2.05, 4.69) is 20.1 Å². The molecule has 0 atom stereocenters. The first-order valence-electron chi connectivity index (χ1n) is 7.52. The van der Waals surface area contributed by atoms with Gasteiger partial charge in [0.1, 0.15) is 11.4 Å². The Morgan fingerprint density at radius 1 is 1.21 bits per heavy atom. The number of hydrogen-bond donors (Lipinski definition) is 1. The molecular formula is C16H11ClF6N4O2. The van der Waals surface area contributed by atoms with Gasteiger partial charge in [-0.05, 0) is 30.3 Å². The Bertz CT molecular complexity index is 900. The van der Waals surface area contributed by atoms with Crippen LogP contribution in [0.3, 0.4) is 0 Å². The minimum atomic E-state index is -4.84. The molecule has 2 amide bonds. The van der Waals surface area contributed by atoms with Crippen LogP contribution >= 0.6 is 11.6 Å². The number of nitrogens with one attached hydrogen (secondary N) is 1. The van der Waals surface area contributed by atoms with Crippen molar-refractivity contribution in [3.63, 3.8) is 0 Å². The maximum absolute atomic E-state index is 12.6. The lowest BCUT2D eigenvalue weighted by atomic mass is 10.2. The number of rotatable bonds is 4. The molecule has 0 fully saturated rings. The minimum absolute atomic E-state index is 0.104. The zero-order chi connectivity index (χ0) is 21.8. The lowest BCUT2D eigenvalue weighted by molar-refractivity contribution is -0.274. The van der Waals surface area contributed by atoms with Crippen molar-refractivity contribution >= 4 is 29.5 Å². The van der Waals surface area contributed by atoms with Gasteiger partial charge in [-0.1, -0.05) is 11.6 Å². The molecule has 0 saturated heterocycles. The van der Waals surface area contributed by atoms with Crippen molar-refractivity contribution in [1.82, 2.24) is 9.99 Å². The van der Waals surface area contributed by atoms with Crippen molar-refractivity contribution in [1.29, 1.82) is 0 Å². The Kier molecular flexibility index (Phi) is 6.57. The number of carbonyl (C=O) groups is 1. The summed E-state index contributed by atoms with van der Waals surface area (Å²) in [5.41, 5.74) is -0.992. The van der Waals surface area contributed by atoms with Gasteiger partial charge in [0.2, 0.25) is 0 Å². The van der Waals surface area contributed by atoms with Crippen LogP contribution in [0.15, 0.2) is 41.6 Å². The smallest absolute Gasteiger partial charge is 0.406 e. The fourth-order valence-corrected chi connectivity index (χ4v) is 2.05. The number of pyridine rings is 1. The highest BCUT2D eigenvalue weighted by Gasteiger charge is 2.32. The van der Waals surface area contributed by atoms with E-state index < -0.39 is 29.9 Å². The van der Waals surface area contributed by atoms with Crippen LogP contribution in [-0.4, -0.2) is 35.6 Å². The molecule has 0 radical (unpaired) electrons. The molecule has 13 heteroatoms. The summed E-state index contributed by atoms with van der Waals surface area (Å²) in [5, 5.41) is 6.52. The zero-order valence-electron chi connectivity index (χ0n) is 14.3. The molecule has 0 aliphatic rings. The summed E-state index contributed by atoms with van der Waals surface area (Å²) in [6, 6.07) is 4.22. The number of ether oxygens (including phenoxy) is 1. The van der Waals surface area contributed by atoms with Crippen molar-refractivity contribution in [2.45, 2.75) is 12.5 Å². The van der Waals surface area contributed by atoms with Gasteiger partial charge < -0.3 is 10.1 Å². The first-order chi connectivity index (χ1) is 13.3. The molecule has 2 aromatic rings. The Hall–Kier alpha value is -3.02. The molecule has 1 aromatic carbocycles. The van der Waals surface area contributed by atoms with Crippen LogP contribution in [0.2, 0.25) is 5.02 Å². The average molecular weight is 441 g/mol. The van der Waals surface area contributed by atoms with Gasteiger partial charge in [0, 0.05) is 18.9 Å². The molecule has 1 aromatic heterocycles. The van der Waals surface area contributed by atoms with Gasteiger partial charge >= 0.3 is 18.6 Å². The number of halogens is 7. The second-order valence-corrected chi connectivity index (χ2v) is 5.77. The van der Waals surface area contributed by atoms with Gasteiger partial charge in [0.05, 0.1) is 16.8 Å². The molecule has 1 N–H and O–H groups in total. The van der Waals surface area contributed by atoms with Crippen LogP contribution in [-0.2, 0) is 6.18 Å². The normalized spacial score (nSPS) is 12.1. The molecule has 0 saturated carbocycles. The first-order valence-corrected chi connectivity index (χ1v) is 7.90. The number of amides is 2. The molecular weight excluding hydrogens is 430 g/mol. The van der Waals surface area contributed by atoms with Crippen LogP contribution in [0.4, 0.5) is 36.8 Å². The summed E-state index contributed by atoms with van der Waals surface area (Å²) >= 11 is 5.72. The van der Waals surface area contributed by atoms with Gasteiger partial charge in [-0.25, -0.2) is 9.80 Å². The molecule has 0 unspecified atom stereocenters. The highest BCUT2D eigenvalue weighted by Crippen LogP contribution is 2.30. The topological polar surface area (TPSA) is 66.8 Å². The molecule has 2 rings (SSSR count). The van der Waals surface area contributed by atoms with Crippen LogP contribution in [0.25, 0.3) is 0 Å². The quantitative estimate of drug-likeness (QED) is 0.406. The predicted molar refractivity (Wildman–Crippen MR) is 91.7 cm³/mol. The standard InChI is InChI=1S/C16H11ClF6N4O2/c1-27(25-8-13-12(17)6-9(7-24-13)15(18,19)20)14(28)26-10-2-4-11(5-3-10)29-16(21,22)23/h2-8H,1H3,(H,26,28). The monoisotopic (exact) mass is 440 g/mol. The Morgan fingerprint density at radius 3 is 2.34 bits per heavy atom. The van der Waals surface area contributed by atoms with Gasteiger partial charge in [0.25, 0.3) is 0 Å². The van der Waals surface area contributed by atoms with Gasteiger partial charge in [-0.3, -0.25) is 4.98 Å². The summed E-state index contributed by atoms with van der Waals surface area (Å²) in [6.45, 7) is 0. The number of alkyl halides is 6. The summed E-state index contributed by atoms with van der Waals surface area (Å²) in [7, 11) is 1.23. The maximum atomic E-state index is 12.6. The van der Waals surface area contributed by atoms with Crippen molar-refractivity contribution < 1.29 is 35.9 Å². The Labute approximate surface area is 164 Å². The van der Waals surface area contributed by atoms with E-state index in [0.717, 1.165) is 23.4 Å². The van der Waals surface area contributed by atoms with Crippen molar-refractivity contribution in [2.75, 3.05) is 12.4 Å². The fourth-order valence-electron chi connectivity index (χ4n) is 1.84. The Morgan fingerprint density at radius 2 is 1.83 bits per heavy atom. The van der Waals surface area contributed by atoms with Crippen molar-refractivity contribution in [3.8, 4) is 5.75 Å². The molecule has 0 spiro atoms. The van der Waals surface area contributed by atoms with Crippen LogP contribution < -0.4 is 10.1 Å². The van der Waals surface area contributed by atoms with Gasteiger partial charge in [0.15, 0.2) is 0 Å². The average Bonchev–Trinajstić information content (AvgIpc) is 2.60. The largest absolute Gasteiger partial charge is 0.573 e. The van der Waals surface area contributed by atoms with Gasteiger partial charge in [-0.15, -0.1) is 13.2 Å². The first kappa shape index (κ1) is 22.3. The van der Waals surface area contributed by atoms with E-state index in [1.54, 1.807) is 0 Å². The number of hydrazone groups is 1. The highest BCUT2D eigenvalue weighted by atomic mass is 35.5. The molecule has 156 valence electrons. The summed E-state index contributed by atoms with van der Waals surface area (Å²) in [4.78, 5) is 15.5. The molecule has 6 nitrogen and oxygen atoms in total. The second kappa shape index (κ2) is 8.55. The maximum Gasteiger partial charge on any atom is 0.573 e. The van der Waals surface area contributed by atoms with Crippen LogP contribution in [0.1, 0.15) is 11.3 Å². The SMILES string of the molecule is CN(N=Cc1ncc(C(F)(F)F)cc1Cl)C(=O)Nc1ccc(OC(F)(F)F)cc1. The van der Waals surface area contributed by atoms with E-state index in [9.17, 15) is 31.1 Å². The van der Waals surface area contributed by atoms with Crippen LogP contribution in [0.5, 0.6) is 5.75 Å². The third kappa shape index (κ3) is 6.82. The number of nitrogens with zero attached hydrogens (tertiary/aromatic N) is 3. The third-order valence-corrected chi connectivity index (χ3v) is 3.49. The number of carbonyl (C=O) groups excluding carboxylic acids is 1.